The highest BCUT2D eigenvalue weighted by atomic mass is 19.4. The molecular weight excluding hydrogens is 568 g/mol. The molecule has 4 atom stereocenters. The van der Waals surface area contributed by atoms with E-state index in [0.29, 0.717) is 38.3 Å². The first-order chi connectivity index (χ1) is 19.0. The topological polar surface area (TPSA) is 149 Å². The Balaban J connectivity index is 1.52. The number of amides is 3. The van der Waals surface area contributed by atoms with Gasteiger partial charge in [0.25, 0.3) is 0 Å². The summed E-state index contributed by atoms with van der Waals surface area (Å²) in [6.07, 6.45) is -14.9. The van der Waals surface area contributed by atoms with Crippen LogP contribution >= 0.6 is 0 Å². The maximum atomic E-state index is 13.1. The van der Waals surface area contributed by atoms with E-state index in [1.165, 1.54) is 11.8 Å². The van der Waals surface area contributed by atoms with E-state index in [1.807, 2.05) is 4.90 Å². The maximum absolute atomic E-state index is 13.1. The predicted molar refractivity (Wildman–Crippen MR) is 132 cm³/mol. The first kappa shape index (κ1) is 32.8. The highest BCUT2D eigenvalue weighted by Gasteiger charge is 2.40. The van der Waals surface area contributed by atoms with Crippen molar-refractivity contribution < 1.29 is 56.4 Å². The first-order valence-corrected chi connectivity index (χ1v) is 12.7. The molecule has 2 aliphatic heterocycles. The zero-order chi connectivity index (χ0) is 30.7. The number of carbonyl (C=O) groups excluding carboxylic acids is 2. The standard InChI is InChI=1S/C24H33F6N5O6/c1-13(37)31-18(20(39)21(40)19(38)12-36)11-33-2-4-34(5-3-33)17-9-35(10-17)22(41)32-16-7-14(23(25,26)27)6-15(8-16)24(28,29)30/h6-8,17-21,36,38-40H,2-5,9-12H2,1H3,(H,31,37)(H,32,41)/t18-,19+,20?,21-/m0/s1. The molecule has 1 aromatic carbocycles. The molecule has 2 aliphatic rings. The van der Waals surface area contributed by atoms with Gasteiger partial charge in [0.15, 0.2) is 0 Å². The Kier molecular flexibility index (Phi) is 10.5. The summed E-state index contributed by atoms with van der Waals surface area (Å²) in [7, 11) is 0. The van der Waals surface area contributed by atoms with E-state index in [4.69, 9.17) is 5.11 Å². The molecule has 2 fully saturated rings. The van der Waals surface area contributed by atoms with Crippen molar-refractivity contribution in [3.63, 3.8) is 0 Å². The largest absolute Gasteiger partial charge is 0.416 e. The number of hydrogen-bond acceptors (Lipinski definition) is 8. The Morgan fingerprint density at radius 1 is 0.927 bits per heavy atom. The van der Waals surface area contributed by atoms with Crippen LogP contribution in [0.25, 0.3) is 0 Å². The van der Waals surface area contributed by atoms with Gasteiger partial charge in [0.2, 0.25) is 5.91 Å². The minimum absolute atomic E-state index is 0.0192. The molecule has 3 rings (SSSR count). The number of piperazine rings is 1. The van der Waals surface area contributed by atoms with Crippen molar-refractivity contribution in [2.24, 2.45) is 0 Å². The zero-order valence-corrected chi connectivity index (χ0v) is 22.0. The normalized spacial score (nSPS) is 20.6. The molecule has 41 heavy (non-hydrogen) atoms. The molecule has 17 heteroatoms. The van der Waals surface area contributed by atoms with Gasteiger partial charge in [-0.3, -0.25) is 14.6 Å². The second-order valence-electron chi connectivity index (χ2n) is 10.2. The molecule has 11 nitrogen and oxygen atoms in total. The van der Waals surface area contributed by atoms with E-state index in [-0.39, 0.29) is 31.7 Å². The van der Waals surface area contributed by atoms with Crippen LogP contribution in [0.3, 0.4) is 0 Å². The van der Waals surface area contributed by atoms with Gasteiger partial charge in [0.1, 0.15) is 18.3 Å². The second kappa shape index (κ2) is 13.1. The second-order valence-corrected chi connectivity index (χ2v) is 10.2. The number of halogens is 6. The first-order valence-electron chi connectivity index (χ1n) is 12.7. The molecule has 232 valence electrons. The highest BCUT2D eigenvalue weighted by Crippen LogP contribution is 2.37. The molecule has 1 unspecified atom stereocenters. The minimum Gasteiger partial charge on any atom is -0.394 e. The van der Waals surface area contributed by atoms with Gasteiger partial charge in [-0.1, -0.05) is 0 Å². The molecule has 2 saturated heterocycles. The molecule has 2 heterocycles. The Labute approximate surface area is 231 Å². The van der Waals surface area contributed by atoms with E-state index in [2.05, 4.69) is 15.5 Å². The summed E-state index contributed by atoms with van der Waals surface area (Å²) in [4.78, 5) is 29.3. The SMILES string of the molecule is CC(=O)N[C@@H](CN1CCN(C2CN(C(=O)Nc3cc(C(F)(F)F)cc(C(F)(F)F)c3)C2)CC1)C(O)[C@@H](O)[C@H](O)CO. The van der Waals surface area contributed by atoms with Crippen LogP contribution in [0.2, 0.25) is 0 Å². The number of benzene rings is 1. The summed E-state index contributed by atoms with van der Waals surface area (Å²) in [5.74, 6) is -0.467. The molecule has 0 radical (unpaired) electrons. The number of carbonyl (C=O) groups is 2. The number of rotatable bonds is 9. The van der Waals surface area contributed by atoms with Gasteiger partial charge in [0.05, 0.1) is 23.8 Å². The van der Waals surface area contributed by atoms with Gasteiger partial charge in [0, 0.05) is 64.5 Å². The Bertz CT molecular complexity index is 1030. The van der Waals surface area contributed by atoms with Gasteiger partial charge in [-0.15, -0.1) is 0 Å². The number of nitrogens with zero attached hydrogens (tertiary/aromatic N) is 3. The Morgan fingerprint density at radius 3 is 1.93 bits per heavy atom. The molecule has 0 bridgehead atoms. The van der Waals surface area contributed by atoms with Crippen LogP contribution in [0, 0.1) is 0 Å². The van der Waals surface area contributed by atoms with E-state index < -0.39 is 72.1 Å². The summed E-state index contributed by atoms with van der Waals surface area (Å²) < 4.78 is 78.5. The smallest absolute Gasteiger partial charge is 0.394 e. The van der Waals surface area contributed by atoms with E-state index in [1.54, 1.807) is 0 Å². The van der Waals surface area contributed by atoms with Crippen molar-refractivity contribution in [3.8, 4) is 0 Å². The van der Waals surface area contributed by atoms with Gasteiger partial charge in [-0.25, -0.2) is 4.79 Å². The molecule has 3 amide bonds. The molecule has 0 aromatic heterocycles. The van der Waals surface area contributed by atoms with Gasteiger partial charge in [-0.2, -0.15) is 26.3 Å². The van der Waals surface area contributed by atoms with Crippen molar-refractivity contribution in [2.45, 2.75) is 49.7 Å². The minimum atomic E-state index is -5.04. The molecule has 0 aliphatic carbocycles. The summed E-state index contributed by atoms with van der Waals surface area (Å²) in [5, 5.41) is 43.8. The monoisotopic (exact) mass is 601 g/mol. The van der Waals surface area contributed by atoms with Crippen LogP contribution in [0.1, 0.15) is 18.1 Å². The van der Waals surface area contributed by atoms with Gasteiger partial charge in [-0.05, 0) is 18.2 Å². The van der Waals surface area contributed by atoms with E-state index >= 15 is 0 Å². The van der Waals surface area contributed by atoms with Crippen molar-refractivity contribution in [3.05, 3.63) is 29.3 Å². The van der Waals surface area contributed by atoms with Gasteiger partial charge < -0.3 is 36.0 Å². The summed E-state index contributed by atoms with van der Waals surface area (Å²) >= 11 is 0. The van der Waals surface area contributed by atoms with Crippen molar-refractivity contribution >= 4 is 17.6 Å². The lowest BCUT2D eigenvalue weighted by Crippen LogP contribution is -2.65. The quantitative estimate of drug-likeness (QED) is 0.219. The number of aliphatic hydroxyl groups excluding tert-OH is 4. The fourth-order valence-corrected chi connectivity index (χ4v) is 4.74. The third-order valence-electron chi connectivity index (χ3n) is 7.10. The van der Waals surface area contributed by atoms with Crippen molar-refractivity contribution in [1.29, 1.82) is 0 Å². The number of aliphatic hydroxyl groups is 4. The number of urea groups is 1. The number of likely N-dealkylation sites (tertiary alicyclic amines) is 1. The van der Waals surface area contributed by atoms with Crippen LogP contribution in [-0.2, 0) is 17.1 Å². The lowest BCUT2D eigenvalue weighted by molar-refractivity contribution is -0.143. The Morgan fingerprint density at radius 2 is 1.46 bits per heavy atom. The molecular formula is C24H33F6N5O6. The average Bonchev–Trinajstić information content (AvgIpc) is 2.85. The van der Waals surface area contributed by atoms with Gasteiger partial charge >= 0.3 is 18.4 Å². The van der Waals surface area contributed by atoms with Crippen LogP contribution in [0.4, 0.5) is 36.8 Å². The fourth-order valence-electron chi connectivity index (χ4n) is 4.74. The highest BCUT2D eigenvalue weighted by molar-refractivity contribution is 5.90. The fraction of sp³-hybridized carbons (Fsp3) is 0.667. The number of alkyl halides is 6. The van der Waals surface area contributed by atoms with Crippen LogP contribution < -0.4 is 10.6 Å². The summed E-state index contributed by atoms with van der Waals surface area (Å²) in [5.41, 5.74) is -3.69. The molecule has 0 saturated carbocycles. The van der Waals surface area contributed by atoms with E-state index in [9.17, 15) is 51.3 Å². The van der Waals surface area contributed by atoms with Crippen molar-refractivity contribution in [1.82, 2.24) is 20.0 Å². The molecule has 0 spiro atoms. The van der Waals surface area contributed by atoms with Crippen molar-refractivity contribution in [2.75, 3.05) is 57.7 Å². The van der Waals surface area contributed by atoms with Crippen LogP contribution in [0.5, 0.6) is 0 Å². The number of hydrogen-bond donors (Lipinski definition) is 6. The predicted octanol–water partition coefficient (Wildman–Crippen LogP) is 0.138. The zero-order valence-electron chi connectivity index (χ0n) is 22.0. The molecule has 1 aromatic rings. The maximum Gasteiger partial charge on any atom is 0.416 e. The Hall–Kier alpha value is -2.70. The third-order valence-corrected chi connectivity index (χ3v) is 7.10. The summed E-state index contributed by atoms with van der Waals surface area (Å²) in [6.45, 7) is 3.00. The number of nitrogens with one attached hydrogen (secondary N) is 2. The molecule has 6 N–H and O–H groups in total. The van der Waals surface area contributed by atoms with Crippen LogP contribution in [0.15, 0.2) is 18.2 Å². The number of anilines is 1. The summed E-state index contributed by atoms with van der Waals surface area (Å²) in [6, 6.07) is -0.992. The van der Waals surface area contributed by atoms with E-state index in [0.717, 1.165) is 0 Å². The average molecular weight is 602 g/mol. The lowest BCUT2D eigenvalue weighted by Gasteiger charge is -2.48. The lowest BCUT2D eigenvalue weighted by atomic mass is 10.00. The van der Waals surface area contributed by atoms with Crippen LogP contribution in [-0.4, -0.2) is 130 Å². The third kappa shape index (κ3) is 8.65.